The molecule has 6 rings (SSSR count). The van der Waals surface area contributed by atoms with Crippen LogP contribution in [0.1, 0.15) is 128 Å². The van der Waals surface area contributed by atoms with Gasteiger partial charge in [0.15, 0.2) is 6.29 Å². The molecule has 0 saturated carbocycles. The van der Waals surface area contributed by atoms with Crippen LogP contribution >= 0.6 is 0 Å². The van der Waals surface area contributed by atoms with Crippen molar-refractivity contribution in [2.24, 2.45) is 5.92 Å². The van der Waals surface area contributed by atoms with Gasteiger partial charge in [-0.2, -0.15) is 0 Å². The molecule has 3 atom stereocenters. The average molecular weight is 643 g/mol. The Kier molecular flexibility index (Phi) is 9.61. The molecule has 0 spiro atoms. The molecule has 8 bridgehead atoms. The van der Waals surface area contributed by atoms with Gasteiger partial charge in [0.05, 0.1) is 23.2 Å². The summed E-state index contributed by atoms with van der Waals surface area (Å²) in [6, 6.07) is 3.63. The summed E-state index contributed by atoms with van der Waals surface area (Å²) >= 11 is 0. The van der Waals surface area contributed by atoms with Crippen molar-refractivity contribution < 1.29 is 24.9 Å². The second kappa shape index (κ2) is 13.0. The third-order valence-electron chi connectivity index (χ3n) is 9.63. The third-order valence-corrected chi connectivity index (χ3v) is 9.63. The van der Waals surface area contributed by atoms with Crippen LogP contribution in [-0.2, 0) is 16.0 Å². The first kappa shape index (κ1) is 34.6. The van der Waals surface area contributed by atoms with E-state index >= 15 is 0 Å². The van der Waals surface area contributed by atoms with Crippen molar-refractivity contribution in [3.05, 3.63) is 68.3 Å². The summed E-state index contributed by atoms with van der Waals surface area (Å²) in [7, 11) is 0. The van der Waals surface area contributed by atoms with Crippen molar-refractivity contribution >= 4 is 80.4 Å². The summed E-state index contributed by atoms with van der Waals surface area (Å²) in [5.74, 6) is -1.54. The van der Waals surface area contributed by atoms with E-state index in [2.05, 4.69) is 13.8 Å². The first-order valence-corrected chi connectivity index (χ1v) is 16.0. The number of hydrogen-bond acceptors (Lipinski definition) is 7. The van der Waals surface area contributed by atoms with E-state index in [1.54, 1.807) is 19.1 Å². The first-order chi connectivity index (χ1) is 21.9. The summed E-state index contributed by atoms with van der Waals surface area (Å²) < 4.78 is 0. The van der Waals surface area contributed by atoms with E-state index in [0.717, 1.165) is 34.2 Å². The van der Waals surface area contributed by atoms with Gasteiger partial charge in [-0.1, -0.05) is 57.0 Å². The van der Waals surface area contributed by atoms with E-state index in [4.69, 9.17) is 19.9 Å². The molecule has 240 valence electrons. The number of aryl methyl sites for hydroxylation is 3. The first-order valence-electron chi connectivity index (χ1n) is 16.0. The zero-order chi connectivity index (χ0) is 33.2. The Morgan fingerprint density at radius 2 is 1.72 bits per heavy atom. The number of aldehydes is 1. The fourth-order valence-corrected chi connectivity index (χ4v) is 7.51. The molecule has 9 nitrogen and oxygen atoms in total. The number of aliphatic hydroxyl groups excluding tert-OH is 1. The molecule has 0 saturated heterocycles. The van der Waals surface area contributed by atoms with Crippen molar-refractivity contribution in [2.75, 3.05) is 0 Å². The standard InChI is InChI=1S/C37H42N4O5.Mg/c1-8-21-26-13-27-23(11-16(2)3)25(15-42)28(38-27)14-29-32(20(7)43)18(5)35(40-29)19(6)34-17(4)22(9-10-31(45)46)36(41-34)24-12-30(44)33(21)37(24)39-26;/h12-17,20,22,43H,8-11H2,1-7H3,(H4,38,39,40,41,42,44,45,46);/q;+2/p-4/t17-,20?,22-;/m0./s1. The molecule has 3 aromatic rings. The molecule has 0 fully saturated rings. The number of aromatic nitrogens is 4. The van der Waals surface area contributed by atoms with Crippen LogP contribution < -0.4 is 20.2 Å². The Bertz CT molecular complexity index is 2030. The summed E-state index contributed by atoms with van der Waals surface area (Å²) in [4.78, 5) is 44.3. The number of carboxylic acids is 1. The van der Waals surface area contributed by atoms with Gasteiger partial charge in [0.25, 0.3) is 0 Å². The molecule has 3 aromatic heterocycles. The normalized spacial score (nSPS) is 17.6. The Morgan fingerprint density at radius 1 is 1.04 bits per heavy atom. The second-order valence-corrected chi connectivity index (χ2v) is 13.1. The summed E-state index contributed by atoms with van der Waals surface area (Å²) in [5.41, 5.74) is 10.2. The molecule has 1 unspecified atom stereocenters. The van der Waals surface area contributed by atoms with Crippen molar-refractivity contribution in [1.82, 2.24) is 19.9 Å². The minimum absolute atomic E-state index is 0. The van der Waals surface area contributed by atoms with Crippen LogP contribution in [-0.4, -0.2) is 50.4 Å². The molecule has 1 aliphatic carbocycles. The molecule has 10 heteroatoms. The quantitative estimate of drug-likeness (QED) is 0.282. The minimum atomic E-state index is -1.14. The van der Waals surface area contributed by atoms with Crippen LogP contribution in [0.2, 0.25) is 0 Å². The van der Waals surface area contributed by atoms with Crippen LogP contribution in [0, 0.1) is 19.8 Å². The Morgan fingerprint density at radius 3 is 2.34 bits per heavy atom. The SMILES string of the molecule is CCc1c2c3[n-]c1cc1nc(cc4[n-]c(c(C)c5nc(c3C=C2[O-])[C@@H](CCC(=O)[O-])[C@@H]5C)c(C)c4C(C)O)C(C=O)=C1CC(C)C.[Mg+2]. The van der Waals surface area contributed by atoms with Gasteiger partial charge < -0.3 is 30.1 Å². The fourth-order valence-electron chi connectivity index (χ4n) is 7.51. The largest absolute Gasteiger partial charge is 2.00 e. The van der Waals surface area contributed by atoms with Crippen LogP contribution in [0.25, 0.3) is 45.0 Å². The maximum Gasteiger partial charge on any atom is 2.00 e. The van der Waals surface area contributed by atoms with Crippen molar-refractivity contribution in [3.8, 4) is 0 Å². The molecule has 0 amide bonds. The summed E-state index contributed by atoms with van der Waals surface area (Å²) in [5, 5.41) is 36.1. The number of carbonyl (C=O) groups is 2. The van der Waals surface area contributed by atoms with Gasteiger partial charge >= 0.3 is 23.1 Å². The maximum atomic E-state index is 13.6. The van der Waals surface area contributed by atoms with Gasteiger partial charge in [0.2, 0.25) is 0 Å². The van der Waals surface area contributed by atoms with Gasteiger partial charge in [-0.3, -0.25) is 9.78 Å². The number of carbonyl (C=O) groups excluding carboxylic acids is 2. The molecular weight excluding hydrogens is 605 g/mol. The number of fused-ring (bicyclic) bond motifs is 8. The molecule has 0 aromatic carbocycles. The predicted octanol–water partition coefficient (Wildman–Crippen LogP) is 4.17. The smallest absolute Gasteiger partial charge is 0.872 e. The van der Waals surface area contributed by atoms with Gasteiger partial charge in [-0.25, -0.2) is 4.98 Å². The van der Waals surface area contributed by atoms with Crippen molar-refractivity contribution in [1.29, 1.82) is 0 Å². The molecule has 3 aliphatic rings. The van der Waals surface area contributed by atoms with Crippen molar-refractivity contribution in [2.45, 2.75) is 92.1 Å². The van der Waals surface area contributed by atoms with E-state index in [1.165, 1.54) is 0 Å². The van der Waals surface area contributed by atoms with E-state index in [1.807, 2.05) is 33.8 Å². The Labute approximate surface area is 290 Å². The number of rotatable bonds is 8. The number of hydrogen-bond donors (Lipinski definition) is 1. The van der Waals surface area contributed by atoms with Gasteiger partial charge in [0.1, 0.15) is 0 Å². The van der Waals surface area contributed by atoms with Crippen LogP contribution in [0.15, 0.2) is 12.1 Å². The Hall–Kier alpha value is -3.73. The molecule has 1 N–H and O–H groups in total. The number of carboxylic acid groups (broad SMARTS) is 1. The predicted molar refractivity (Wildman–Crippen MR) is 180 cm³/mol. The fraction of sp³-hybridized carbons (Fsp3) is 0.405. The number of aliphatic hydroxyl groups is 1. The van der Waals surface area contributed by atoms with Gasteiger partial charge in [0, 0.05) is 29.1 Å². The monoisotopic (exact) mass is 642 g/mol. The molecule has 0 radical (unpaired) electrons. The maximum absolute atomic E-state index is 13.6. The minimum Gasteiger partial charge on any atom is -0.872 e. The zero-order valence-corrected chi connectivity index (χ0v) is 29.4. The number of nitrogens with zero attached hydrogens (tertiary/aromatic N) is 4. The average Bonchev–Trinajstić information content (AvgIpc) is 3.75. The van der Waals surface area contributed by atoms with Crippen LogP contribution in [0.5, 0.6) is 0 Å². The van der Waals surface area contributed by atoms with E-state index in [0.29, 0.717) is 80.7 Å². The number of allylic oxidation sites excluding steroid dienone is 2. The third kappa shape index (κ3) is 5.74. The molecule has 47 heavy (non-hydrogen) atoms. The molecule has 5 heterocycles. The van der Waals surface area contributed by atoms with Gasteiger partial charge in [-0.05, 0) is 80.2 Å². The zero-order valence-electron chi connectivity index (χ0n) is 28.0. The van der Waals surface area contributed by atoms with Crippen molar-refractivity contribution in [3.63, 3.8) is 0 Å². The molecule has 2 aliphatic heterocycles. The number of aliphatic carboxylic acids is 1. The molecular formula is C37H38MgN4O5-2. The topological polar surface area (TPSA) is 154 Å². The Balaban J connectivity index is 0.00000433. The second-order valence-electron chi connectivity index (χ2n) is 13.1. The van der Waals surface area contributed by atoms with E-state index < -0.39 is 12.1 Å². The summed E-state index contributed by atoms with van der Waals surface area (Å²) in [6.07, 6.45) is 2.87. The van der Waals surface area contributed by atoms with E-state index in [9.17, 15) is 24.9 Å². The van der Waals surface area contributed by atoms with Gasteiger partial charge in [-0.15, -0.1) is 27.8 Å². The van der Waals surface area contributed by atoms with Crippen LogP contribution in [0.4, 0.5) is 0 Å². The van der Waals surface area contributed by atoms with E-state index in [-0.39, 0.29) is 53.0 Å². The van der Waals surface area contributed by atoms with Crippen LogP contribution in [0.3, 0.4) is 0 Å². The summed E-state index contributed by atoms with van der Waals surface area (Å²) in [6.45, 7) is 13.7.